The number of hydrogen-bond donors (Lipinski definition) is 1. The first-order valence-corrected chi connectivity index (χ1v) is 5.80. The lowest BCUT2D eigenvalue weighted by Crippen LogP contribution is -2.30. The first-order chi connectivity index (χ1) is 5.52. The van der Waals surface area contributed by atoms with Gasteiger partial charge in [-0.15, -0.1) is 11.3 Å². The summed E-state index contributed by atoms with van der Waals surface area (Å²) in [6.45, 7) is 3.54. The number of hydrogen-bond acceptors (Lipinski definition) is 4. The van der Waals surface area contributed by atoms with Crippen LogP contribution in [-0.2, 0) is 10.0 Å². The van der Waals surface area contributed by atoms with Crippen LogP contribution in [-0.4, -0.2) is 19.4 Å². The van der Waals surface area contributed by atoms with Gasteiger partial charge in [-0.25, -0.2) is 18.1 Å². The molecule has 0 atom stereocenters. The van der Waals surface area contributed by atoms with Crippen molar-refractivity contribution in [2.24, 2.45) is 0 Å². The van der Waals surface area contributed by atoms with Crippen LogP contribution in [0.15, 0.2) is 15.9 Å². The topological polar surface area (TPSA) is 59.1 Å². The molecule has 0 radical (unpaired) electrons. The Morgan fingerprint density at radius 1 is 1.58 bits per heavy atom. The van der Waals surface area contributed by atoms with Crippen LogP contribution in [0.4, 0.5) is 0 Å². The smallest absolute Gasteiger partial charge is 0.233 e. The normalized spacial score (nSPS) is 12.2. The summed E-state index contributed by atoms with van der Waals surface area (Å²) in [5, 5.41) is 1.63. The van der Waals surface area contributed by atoms with Gasteiger partial charge in [0.2, 0.25) is 4.34 Å². The molecule has 0 aliphatic carbocycles. The third-order valence-electron chi connectivity index (χ3n) is 1.03. The van der Waals surface area contributed by atoms with E-state index in [0.29, 0.717) is 0 Å². The van der Waals surface area contributed by atoms with E-state index in [1.807, 2.05) is 0 Å². The lowest BCUT2D eigenvalue weighted by molar-refractivity contribution is 0.569. The summed E-state index contributed by atoms with van der Waals surface area (Å²) in [6.07, 6.45) is 1.47. The molecule has 6 heteroatoms. The van der Waals surface area contributed by atoms with Gasteiger partial charge in [-0.05, 0) is 13.8 Å². The number of nitrogens with zero attached hydrogens (tertiary/aromatic N) is 1. The molecule has 12 heavy (non-hydrogen) atoms. The molecule has 0 aliphatic heterocycles. The summed E-state index contributed by atoms with van der Waals surface area (Å²) < 4.78 is 25.2. The van der Waals surface area contributed by atoms with Gasteiger partial charge >= 0.3 is 0 Å². The molecular formula is C6H10N2O2S2. The van der Waals surface area contributed by atoms with Crippen molar-refractivity contribution >= 4 is 21.4 Å². The van der Waals surface area contributed by atoms with Crippen LogP contribution in [0.3, 0.4) is 0 Å². The van der Waals surface area contributed by atoms with Gasteiger partial charge in [0.1, 0.15) is 0 Å². The molecule has 0 saturated carbocycles. The molecule has 1 heterocycles. The van der Waals surface area contributed by atoms with Crippen LogP contribution in [0.1, 0.15) is 13.8 Å². The molecule has 0 bridgehead atoms. The Kier molecular flexibility index (Phi) is 2.81. The molecule has 0 unspecified atom stereocenters. The maximum atomic E-state index is 11.3. The summed E-state index contributed by atoms with van der Waals surface area (Å²) in [6, 6.07) is -0.0982. The van der Waals surface area contributed by atoms with E-state index in [1.54, 1.807) is 19.2 Å². The fraction of sp³-hybridized carbons (Fsp3) is 0.500. The quantitative estimate of drug-likeness (QED) is 0.797. The Labute approximate surface area is 75.7 Å². The van der Waals surface area contributed by atoms with Gasteiger partial charge < -0.3 is 0 Å². The first kappa shape index (κ1) is 9.63. The van der Waals surface area contributed by atoms with Crippen LogP contribution in [0.25, 0.3) is 0 Å². The van der Waals surface area contributed by atoms with Crippen LogP contribution >= 0.6 is 11.3 Å². The second-order valence-electron chi connectivity index (χ2n) is 2.57. The number of sulfonamides is 1. The fourth-order valence-corrected chi connectivity index (χ4v) is 2.80. The molecule has 0 saturated heterocycles. The van der Waals surface area contributed by atoms with Gasteiger partial charge in [-0.1, -0.05) is 0 Å². The van der Waals surface area contributed by atoms with E-state index in [1.165, 1.54) is 6.20 Å². The van der Waals surface area contributed by atoms with Crippen molar-refractivity contribution in [3.05, 3.63) is 11.6 Å². The number of thiazole rings is 1. The Balaban J connectivity index is 2.88. The second-order valence-corrected chi connectivity index (χ2v) is 5.36. The van der Waals surface area contributed by atoms with Crippen molar-refractivity contribution in [1.29, 1.82) is 0 Å². The number of rotatable bonds is 3. The van der Waals surface area contributed by atoms with E-state index in [0.717, 1.165) is 11.3 Å². The maximum absolute atomic E-state index is 11.3. The molecule has 0 aliphatic rings. The predicted molar refractivity (Wildman–Crippen MR) is 47.6 cm³/mol. The SMILES string of the molecule is CC(C)NS(=O)(=O)c1nccs1. The number of aromatic nitrogens is 1. The average molecular weight is 206 g/mol. The molecule has 68 valence electrons. The Hall–Kier alpha value is -0.460. The van der Waals surface area contributed by atoms with Gasteiger partial charge in [0.15, 0.2) is 0 Å². The van der Waals surface area contributed by atoms with Crippen LogP contribution in [0.5, 0.6) is 0 Å². The third kappa shape index (κ3) is 2.26. The standard InChI is InChI=1S/C6H10N2O2S2/c1-5(2)8-12(9,10)6-7-3-4-11-6/h3-5,8H,1-2H3. The Morgan fingerprint density at radius 3 is 2.67 bits per heavy atom. The highest BCUT2D eigenvalue weighted by Crippen LogP contribution is 2.11. The maximum Gasteiger partial charge on any atom is 0.268 e. The Bertz CT molecular complexity index is 328. The summed E-state index contributed by atoms with van der Waals surface area (Å²) in [7, 11) is -3.36. The van der Waals surface area contributed by atoms with Crippen molar-refractivity contribution < 1.29 is 8.42 Å². The van der Waals surface area contributed by atoms with Crippen LogP contribution < -0.4 is 4.72 Å². The summed E-state index contributed by atoms with van der Waals surface area (Å²) in [5.41, 5.74) is 0. The second kappa shape index (κ2) is 3.51. The molecular weight excluding hydrogens is 196 g/mol. The molecule has 0 amide bonds. The molecule has 1 rings (SSSR count). The fourth-order valence-electron chi connectivity index (χ4n) is 0.704. The van der Waals surface area contributed by atoms with E-state index in [2.05, 4.69) is 9.71 Å². The molecule has 0 aromatic carbocycles. The van der Waals surface area contributed by atoms with Crippen molar-refractivity contribution in [1.82, 2.24) is 9.71 Å². The molecule has 1 aromatic rings. The highest BCUT2D eigenvalue weighted by Gasteiger charge is 2.17. The summed E-state index contributed by atoms with van der Waals surface area (Å²) in [5.74, 6) is 0. The molecule has 1 aromatic heterocycles. The van der Waals surface area contributed by atoms with E-state index in [-0.39, 0.29) is 10.4 Å². The van der Waals surface area contributed by atoms with Gasteiger partial charge in [-0.2, -0.15) is 0 Å². The van der Waals surface area contributed by atoms with E-state index in [4.69, 9.17) is 0 Å². The monoisotopic (exact) mass is 206 g/mol. The van der Waals surface area contributed by atoms with Crippen molar-refractivity contribution in [3.8, 4) is 0 Å². The summed E-state index contributed by atoms with van der Waals surface area (Å²) >= 11 is 1.11. The van der Waals surface area contributed by atoms with Crippen molar-refractivity contribution in [2.45, 2.75) is 24.2 Å². The largest absolute Gasteiger partial charge is 0.268 e. The predicted octanol–water partition coefficient (Wildman–Crippen LogP) is 0.830. The lowest BCUT2D eigenvalue weighted by atomic mass is 10.4. The van der Waals surface area contributed by atoms with Crippen LogP contribution in [0.2, 0.25) is 0 Å². The van der Waals surface area contributed by atoms with Crippen molar-refractivity contribution in [3.63, 3.8) is 0 Å². The van der Waals surface area contributed by atoms with E-state index >= 15 is 0 Å². The lowest BCUT2D eigenvalue weighted by Gasteiger charge is -2.05. The van der Waals surface area contributed by atoms with Gasteiger partial charge in [0.25, 0.3) is 10.0 Å². The minimum Gasteiger partial charge on any atom is -0.233 e. The Morgan fingerprint density at radius 2 is 2.25 bits per heavy atom. The zero-order chi connectivity index (χ0) is 9.19. The zero-order valence-electron chi connectivity index (χ0n) is 6.81. The van der Waals surface area contributed by atoms with Gasteiger partial charge in [0.05, 0.1) is 0 Å². The first-order valence-electron chi connectivity index (χ1n) is 3.44. The average Bonchev–Trinajstić information content (AvgIpc) is 2.32. The molecule has 4 nitrogen and oxygen atoms in total. The highest BCUT2D eigenvalue weighted by molar-refractivity contribution is 7.91. The summed E-state index contributed by atoms with van der Waals surface area (Å²) in [4.78, 5) is 3.71. The minimum atomic E-state index is -3.36. The third-order valence-corrected chi connectivity index (χ3v) is 3.89. The zero-order valence-corrected chi connectivity index (χ0v) is 8.45. The van der Waals surface area contributed by atoms with Crippen molar-refractivity contribution in [2.75, 3.05) is 0 Å². The van der Waals surface area contributed by atoms with Crippen LogP contribution in [0, 0.1) is 0 Å². The number of nitrogens with one attached hydrogen (secondary N) is 1. The van der Waals surface area contributed by atoms with Gasteiger partial charge in [-0.3, -0.25) is 0 Å². The highest BCUT2D eigenvalue weighted by atomic mass is 32.2. The molecule has 0 spiro atoms. The van der Waals surface area contributed by atoms with Gasteiger partial charge in [0, 0.05) is 17.6 Å². The minimum absolute atomic E-state index is 0.0982. The molecule has 1 N–H and O–H groups in total. The van der Waals surface area contributed by atoms with E-state index in [9.17, 15) is 8.42 Å². The van der Waals surface area contributed by atoms with E-state index < -0.39 is 10.0 Å². The molecule has 0 fully saturated rings.